The summed E-state index contributed by atoms with van der Waals surface area (Å²) in [5.41, 5.74) is 6.53. The van der Waals surface area contributed by atoms with Crippen molar-refractivity contribution in [3.05, 3.63) is 40.4 Å². The summed E-state index contributed by atoms with van der Waals surface area (Å²) in [7, 11) is 0. The summed E-state index contributed by atoms with van der Waals surface area (Å²) in [5.74, 6) is 0.130. The standard InChI is InChI=1S/C10H11ClFN5/c1-6(13)10-14-15-16-17(10)5-7-2-3-9(12)8(11)4-7/h2-4,6H,5,13H2,1H3. The van der Waals surface area contributed by atoms with E-state index in [2.05, 4.69) is 15.5 Å². The molecule has 1 atom stereocenters. The number of hydrogen-bond acceptors (Lipinski definition) is 4. The molecule has 0 radical (unpaired) electrons. The van der Waals surface area contributed by atoms with Crippen molar-refractivity contribution in [2.24, 2.45) is 5.73 Å². The lowest BCUT2D eigenvalue weighted by Crippen LogP contribution is -2.15. The van der Waals surface area contributed by atoms with Crippen LogP contribution in [0.5, 0.6) is 0 Å². The van der Waals surface area contributed by atoms with Crippen molar-refractivity contribution >= 4 is 11.6 Å². The molecule has 1 aromatic carbocycles. The van der Waals surface area contributed by atoms with Gasteiger partial charge in [0.1, 0.15) is 5.82 Å². The second-order valence-electron chi connectivity index (χ2n) is 3.73. The lowest BCUT2D eigenvalue weighted by Gasteiger charge is -2.07. The highest BCUT2D eigenvalue weighted by Gasteiger charge is 2.11. The molecule has 0 aliphatic heterocycles. The zero-order chi connectivity index (χ0) is 12.4. The number of nitrogens with two attached hydrogens (primary N) is 1. The summed E-state index contributed by atoms with van der Waals surface area (Å²) in [4.78, 5) is 0. The van der Waals surface area contributed by atoms with E-state index in [4.69, 9.17) is 17.3 Å². The average molecular weight is 256 g/mol. The molecule has 0 fully saturated rings. The molecule has 0 aliphatic rings. The van der Waals surface area contributed by atoms with Crippen LogP contribution in [0.1, 0.15) is 24.4 Å². The predicted molar refractivity (Wildman–Crippen MR) is 60.9 cm³/mol. The van der Waals surface area contributed by atoms with E-state index in [1.54, 1.807) is 23.7 Å². The number of benzene rings is 1. The quantitative estimate of drug-likeness (QED) is 0.903. The molecule has 0 aliphatic carbocycles. The van der Waals surface area contributed by atoms with Crippen molar-refractivity contribution in [3.63, 3.8) is 0 Å². The van der Waals surface area contributed by atoms with Gasteiger partial charge in [0.2, 0.25) is 0 Å². The molecular weight excluding hydrogens is 245 g/mol. The van der Waals surface area contributed by atoms with E-state index < -0.39 is 5.82 Å². The lowest BCUT2D eigenvalue weighted by atomic mass is 10.2. The van der Waals surface area contributed by atoms with Gasteiger partial charge in [0.25, 0.3) is 0 Å². The fraction of sp³-hybridized carbons (Fsp3) is 0.300. The molecule has 5 nitrogen and oxygen atoms in total. The molecule has 2 rings (SSSR count). The van der Waals surface area contributed by atoms with Crippen molar-refractivity contribution in [2.45, 2.75) is 19.5 Å². The molecule has 0 spiro atoms. The lowest BCUT2D eigenvalue weighted by molar-refractivity contribution is 0.585. The fourth-order valence-corrected chi connectivity index (χ4v) is 1.66. The highest BCUT2D eigenvalue weighted by atomic mass is 35.5. The maximum absolute atomic E-state index is 13.0. The van der Waals surface area contributed by atoms with E-state index >= 15 is 0 Å². The van der Waals surface area contributed by atoms with Gasteiger partial charge in [0.05, 0.1) is 17.6 Å². The van der Waals surface area contributed by atoms with Crippen LogP contribution in [0.4, 0.5) is 4.39 Å². The van der Waals surface area contributed by atoms with Gasteiger partial charge < -0.3 is 5.73 Å². The Kier molecular flexibility index (Phi) is 3.35. The number of hydrogen-bond donors (Lipinski definition) is 1. The van der Waals surface area contributed by atoms with Gasteiger partial charge in [-0.05, 0) is 35.0 Å². The molecule has 0 amide bonds. The van der Waals surface area contributed by atoms with Crippen molar-refractivity contribution in [3.8, 4) is 0 Å². The molecule has 0 bridgehead atoms. The van der Waals surface area contributed by atoms with Gasteiger partial charge in [-0.15, -0.1) is 5.10 Å². The Morgan fingerprint density at radius 2 is 2.29 bits per heavy atom. The zero-order valence-electron chi connectivity index (χ0n) is 9.14. The van der Waals surface area contributed by atoms with Crippen molar-refractivity contribution < 1.29 is 4.39 Å². The smallest absolute Gasteiger partial charge is 0.168 e. The average Bonchev–Trinajstić information content (AvgIpc) is 2.72. The van der Waals surface area contributed by atoms with Crippen LogP contribution in [0, 0.1) is 5.82 Å². The summed E-state index contributed by atoms with van der Waals surface area (Å²) in [5, 5.41) is 11.3. The SMILES string of the molecule is CC(N)c1nnnn1Cc1ccc(F)c(Cl)c1. The van der Waals surface area contributed by atoms with E-state index in [0.29, 0.717) is 12.4 Å². The normalized spacial score (nSPS) is 12.7. The summed E-state index contributed by atoms with van der Waals surface area (Å²) in [6.07, 6.45) is 0. The second-order valence-corrected chi connectivity index (χ2v) is 4.14. The largest absolute Gasteiger partial charge is 0.322 e. The van der Waals surface area contributed by atoms with Gasteiger partial charge in [-0.25, -0.2) is 9.07 Å². The minimum atomic E-state index is -0.445. The van der Waals surface area contributed by atoms with Crippen molar-refractivity contribution in [1.82, 2.24) is 20.2 Å². The van der Waals surface area contributed by atoms with Crippen molar-refractivity contribution in [1.29, 1.82) is 0 Å². The number of aromatic nitrogens is 4. The van der Waals surface area contributed by atoms with Gasteiger partial charge >= 0.3 is 0 Å². The minimum Gasteiger partial charge on any atom is -0.322 e. The number of tetrazole rings is 1. The Morgan fingerprint density at radius 3 is 2.94 bits per heavy atom. The Balaban J connectivity index is 2.25. The fourth-order valence-electron chi connectivity index (χ4n) is 1.46. The highest BCUT2D eigenvalue weighted by Crippen LogP contribution is 2.17. The third-order valence-electron chi connectivity index (χ3n) is 2.28. The summed E-state index contributed by atoms with van der Waals surface area (Å²) in [6.45, 7) is 2.20. The Bertz CT molecular complexity index is 525. The first-order valence-electron chi connectivity index (χ1n) is 5.03. The number of nitrogens with zero attached hydrogens (tertiary/aromatic N) is 4. The van der Waals surface area contributed by atoms with Crippen LogP contribution in [-0.4, -0.2) is 20.2 Å². The second kappa shape index (κ2) is 4.77. The molecule has 1 heterocycles. The van der Waals surface area contributed by atoms with E-state index in [-0.39, 0.29) is 11.1 Å². The van der Waals surface area contributed by atoms with E-state index in [0.717, 1.165) is 5.56 Å². The van der Waals surface area contributed by atoms with Gasteiger partial charge in [-0.1, -0.05) is 17.7 Å². The molecule has 2 aromatic rings. The van der Waals surface area contributed by atoms with Crippen LogP contribution < -0.4 is 5.73 Å². The molecule has 17 heavy (non-hydrogen) atoms. The Morgan fingerprint density at radius 1 is 1.53 bits per heavy atom. The van der Waals surface area contributed by atoms with Crippen LogP contribution in [0.2, 0.25) is 5.02 Å². The Hall–Kier alpha value is -1.53. The van der Waals surface area contributed by atoms with Crippen LogP contribution in [0.15, 0.2) is 18.2 Å². The van der Waals surface area contributed by atoms with Crippen LogP contribution in [0.3, 0.4) is 0 Å². The van der Waals surface area contributed by atoms with Gasteiger partial charge in [-0.2, -0.15) is 0 Å². The molecule has 0 saturated heterocycles. The third kappa shape index (κ3) is 2.59. The van der Waals surface area contributed by atoms with Gasteiger partial charge in [-0.3, -0.25) is 0 Å². The Labute approximate surface area is 102 Å². The first-order chi connectivity index (χ1) is 8.08. The zero-order valence-corrected chi connectivity index (χ0v) is 9.89. The highest BCUT2D eigenvalue weighted by molar-refractivity contribution is 6.30. The number of halogens is 2. The van der Waals surface area contributed by atoms with Crippen LogP contribution in [0.25, 0.3) is 0 Å². The molecule has 2 N–H and O–H groups in total. The van der Waals surface area contributed by atoms with Gasteiger partial charge in [0.15, 0.2) is 5.82 Å². The van der Waals surface area contributed by atoms with Crippen LogP contribution in [-0.2, 0) is 6.54 Å². The minimum absolute atomic E-state index is 0.0814. The number of rotatable bonds is 3. The van der Waals surface area contributed by atoms with E-state index in [9.17, 15) is 4.39 Å². The maximum atomic E-state index is 13.0. The molecule has 1 unspecified atom stereocenters. The molecule has 7 heteroatoms. The molecule has 0 saturated carbocycles. The predicted octanol–water partition coefficient (Wildman–Crippen LogP) is 1.53. The molecule has 90 valence electrons. The monoisotopic (exact) mass is 255 g/mol. The summed E-state index contributed by atoms with van der Waals surface area (Å²) < 4.78 is 14.5. The topological polar surface area (TPSA) is 69.6 Å². The maximum Gasteiger partial charge on any atom is 0.168 e. The van der Waals surface area contributed by atoms with Crippen molar-refractivity contribution in [2.75, 3.05) is 0 Å². The van der Waals surface area contributed by atoms with E-state index in [1.807, 2.05) is 0 Å². The molecular formula is C10H11ClFN5. The molecule has 1 aromatic heterocycles. The third-order valence-corrected chi connectivity index (χ3v) is 2.57. The van der Waals surface area contributed by atoms with Crippen LogP contribution >= 0.6 is 11.6 Å². The summed E-state index contributed by atoms with van der Waals surface area (Å²) >= 11 is 5.70. The first-order valence-corrected chi connectivity index (χ1v) is 5.41. The summed E-state index contributed by atoms with van der Waals surface area (Å²) in [6, 6.07) is 4.23. The van der Waals surface area contributed by atoms with Gasteiger partial charge in [0, 0.05) is 0 Å². The first kappa shape index (κ1) is 11.9. The van der Waals surface area contributed by atoms with E-state index in [1.165, 1.54) is 6.07 Å².